The highest BCUT2D eigenvalue weighted by Crippen LogP contribution is 2.18. The molecule has 1 amide bonds. The summed E-state index contributed by atoms with van der Waals surface area (Å²) in [4.78, 5) is 29.6. The van der Waals surface area contributed by atoms with Crippen LogP contribution in [0.1, 0.15) is 11.3 Å². The topological polar surface area (TPSA) is 64.4 Å². The molecule has 0 saturated carbocycles. The van der Waals surface area contributed by atoms with Crippen LogP contribution in [0.15, 0.2) is 41.5 Å². The third-order valence-electron chi connectivity index (χ3n) is 4.06. The number of amides is 1. The van der Waals surface area contributed by atoms with E-state index in [4.69, 9.17) is 4.74 Å². The molecule has 0 radical (unpaired) electrons. The van der Waals surface area contributed by atoms with Gasteiger partial charge in [0.2, 0.25) is 5.91 Å². The Balaban J connectivity index is 1.53. The van der Waals surface area contributed by atoms with E-state index in [1.54, 1.807) is 28.9 Å². The maximum absolute atomic E-state index is 12.1. The molecule has 2 aromatic rings. The van der Waals surface area contributed by atoms with Crippen LogP contribution in [-0.2, 0) is 18.3 Å². The molecule has 6 heteroatoms. The molecule has 0 bridgehead atoms. The lowest BCUT2D eigenvalue weighted by atomic mass is 10.1. The first-order valence-corrected chi connectivity index (χ1v) is 7.54. The molecule has 0 atom stereocenters. The SMILES string of the molecule is Cc1cc(OC2CN(C(=O)Cc3cccnc3)C2)cc(=O)n1C. The number of nitrogens with zero attached hydrogens (tertiary/aromatic N) is 3. The maximum Gasteiger partial charge on any atom is 0.254 e. The molecule has 1 aliphatic heterocycles. The molecule has 0 aliphatic carbocycles. The lowest BCUT2D eigenvalue weighted by Gasteiger charge is -2.39. The van der Waals surface area contributed by atoms with Crippen LogP contribution in [0.2, 0.25) is 0 Å². The average molecular weight is 313 g/mol. The largest absolute Gasteiger partial charge is 0.486 e. The van der Waals surface area contributed by atoms with Crippen molar-refractivity contribution >= 4 is 5.91 Å². The van der Waals surface area contributed by atoms with Crippen molar-refractivity contribution < 1.29 is 9.53 Å². The molecule has 3 heterocycles. The number of aryl methyl sites for hydroxylation is 1. The number of rotatable bonds is 4. The van der Waals surface area contributed by atoms with Crippen LogP contribution in [-0.4, -0.2) is 39.6 Å². The third kappa shape index (κ3) is 3.41. The number of hydrogen-bond donors (Lipinski definition) is 0. The monoisotopic (exact) mass is 313 g/mol. The minimum Gasteiger partial charge on any atom is -0.486 e. The molecule has 0 N–H and O–H groups in total. The highest BCUT2D eigenvalue weighted by atomic mass is 16.5. The Bertz CT molecular complexity index is 764. The molecule has 23 heavy (non-hydrogen) atoms. The van der Waals surface area contributed by atoms with Gasteiger partial charge in [-0.15, -0.1) is 0 Å². The summed E-state index contributed by atoms with van der Waals surface area (Å²) in [6, 6.07) is 7.03. The van der Waals surface area contributed by atoms with Gasteiger partial charge in [-0.1, -0.05) is 6.07 Å². The molecule has 3 rings (SSSR count). The van der Waals surface area contributed by atoms with Crippen molar-refractivity contribution in [2.45, 2.75) is 19.4 Å². The first-order valence-electron chi connectivity index (χ1n) is 7.54. The van der Waals surface area contributed by atoms with Gasteiger partial charge in [-0.05, 0) is 24.6 Å². The molecule has 120 valence electrons. The van der Waals surface area contributed by atoms with Crippen molar-refractivity contribution in [1.29, 1.82) is 0 Å². The number of carbonyl (C=O) groups excluding carboxylic acids is 1. The summed E-state index contributed by atoms with van der Waals surface area (Å²) in [6.07, 6.45) is 3.69. The van der Waals surface area contributed by atoms with Gasteiger partial charge in [-0.2, -0.15) is 0 Å². The number of hydrogen-bond acceptors (Lipinski definition) is 4. The van der Waals surface area contributed by atoms with Crippen molar-refractivity contribution in [3.05, 3.63) is 58.3 Å². The fourth-order valence-corrected chi connectivity index (χ4v) is 2.50. The van der Waals surface area contributed by atoms with E-state index in [-0.39, 0.29) is 17.6 Å². The summed E-state index contributed by atoms with van der Waals surface area (Å²) in [6.45, 7) is 2.96. The summed E-state index contributed by atoms with van der Waals surface area (Å²) in [5.41, 5.74) is 1.66. The second kappa shape index (κ2) is 6.24. The van der Waals surface area contributed by atoms with Crippen molar-refractivity contribution in [3.63, 3.8) is 0 Å². The maximum atomic E-state index is 12.1. The van der Waals surface area contributed by atoms with E-state index >= 15 is 0 Å². The van der Waals surface area contributed by atoms with Crippen molar-refractivity contribution in [3.8, 4) is 5.75 Å². The quantitative estimate of drug-likeness (QED) is 0.842. The zero-order valence-corrected chi connectivity index (χ0v) is 13.2. The summed E-state index contributed by atoms with van der Waals surface area (Å²) in [7, 11) is 1.73. The Morgan fingerprint density at radius 1 is 1.39 bits per heavy atom. The predicted octanol–water partition coefficient (Wildman–Crippen LogP) is 0.921. The average Bonchev–Trinajstić information content (AvgIpc) is 2.48. The minimum absolute atomic E-state index is 0.0562. The van der Waals surface area contributed by atoms with Crippen LogP contribution in [0.4, 0.5) is 0 Å². The van der Waals surface area contributed by atoms with Gasteiger partial charge >= 0.3 is 0 Å². The molecule has 1 fully saturated rings. The zero-order valence-electron chi connectivity index (χ0n) is 13.2. The fraction of sp³-hybridized carbons (Fsp3) is 0.353. The molecular formula is C17H19N3O3. The van der Waals surface area contributed by atoms with E-state index < -0.39 is 0 Å². The van der Waals surface area contributed by atoms with E-state index in [1.807, 2.05) is 25.1 Å². The van der Waals surface area contributed by atoms with Crippen LogP contribution in [0.5, 0.6) is 5.75 Å². The third-order valence-corrected chi connectivity index (χ3v) is 4.06. The van der Waals surface area contributed by atoms with Crippen LogP contribution >= 0.6 is 0 Å². The summed E-state index contributed by atoms with van der Waals surface area (Å²) >= 11 is 0. The van der Waals surface area contributed by atoms with Gasteiger partial charge in [0.1, 0.15) is 11.9 Å². The molecular weight excluding hydrogens is 294 g/mol. The van der Waals surface area contributed by atoms with Gasteiger partial charge in [0.25, 0.3) is 5.56 Å². The summed E-state index contributed by atoms with van der Waals surface area (Å²) in [5, 5.41) is 0. The second-order valence-corrected chi connectivity index (χ2v) is 5.81. The van der Waals surface area contributed by atoms with E-state index in [0.29, 0.717) is 25.3 Å². The molecule has 6 nitrogen and oxygen atoms in total. The van der Waals surface area contributed by atoms with Crippen LogP contribution in [0, 0.1) is 6.92 Å². The molecule has 0 aromatic carbocycles. The lowest BCUT2D eigenvalue weighted by molar-refractivity contribution is -0.139. The molecule has 1 aliphatic rings. The highest BCUT2D eigenvalue weighted by Gasteiger charge is 2.32. The van der Waals surface area contributed by atoms with E-state index in [2.05, 4.69) is 4.98 Å². The number of pyridine rings is 2. The zero-order chi connectivity index (χ0) is 16.4. The molecule has 0 unspecified atom stereocenters. The van der Waals surface area contributed by atoms with Gasteiger partial charge in [-0.25, -0.2) is 0 Å². The Kier molecular flexibility index (Phi) is 4.14. The van der Waals surface area contributed by atoms with Crippen molar-refractivity contribution in [2.75, 3.05) is 13.1 Å². The van der Waals surface area contributed by atoms with E-state index in [9.17, 15) is 9.59 Å². The number of carbonyl (C=O) groups is 1. The first-order chi connectivity index (χ1) is 11.0. The van der Waals surface area contributed by atoms with Gasteiger partial charge in [0.15, 0.2) is 0 Å². The fourth-order valence-electron chi connectivity index (χ4n) is 2.50. The predicted molar refractivity (Wildman–Crippen MR) is 85.4 cm³/mol. The second-order valence-electron chi connectivity index (χ2n) is 5.81. The standard InChI is InChI=1S/C17H19N3O3/c1-12-6-14(8-16(21)19(12)2)23-15-10-20(11-15)17(22)7-13-4-3-5-18-9-13/h3-6,8-9,15H,7,10-11H2,1-2H3. The van der Waals surface area contributed by atoms with Crippen molar-refractivity contribution in [1.82, 2.24) is 14.5 Å². The van der Waals surface area contributed by atoms with Gasteiger partial charge in [0.05, 0.1) is 19.5 Å². The molecule has 1 saturated heterocycles. The number of ether oxygens (including phenoxy) is 1. The van der Waals surface area contributed by atoms with E-state index in [0.717, 1.165) is 11.3 Å². The van der Waals surface area contributed by atoms with Crippen LogP contribution in [0.3, 0.4) is 0 Å². The minimum atomic E-state index is -0.0937. The van der Waals surface area contributed by atoms with E-state index in [1.165, 1.54) is 6.07 Å². The Hall–Kier alpha value is -2.63. The lowest BCUT2D eigenvalue weighted by Crippen LogP contribution is -2.56. The van der Waals surface area contributed by atoms with Crippen molar-refractivity contribution in [2.24, 2.45) is 7.05 Å². The Morgan fingerprint density at radius 3 is 2.83 bits per heavy atom. The normalized spacial score (nSPS) is 14.4. The Morgan fingerprint density at radius 2 is 2.17 bits per heavy atom. The first kappa shape index (κ1) is 15.3. The molecule has 0 spiro atoms. The highest BCUT2D eigenvalue weighted by molar-refractivity contribution is 5.79. The van der Waals surface area contributed by atoms with Gasteiger partial charge in [-0.3, -0.25) is 14.6 Å². The van der Waals surface area contributed by atoms with Gasteiger partial charge < -0.3 is 14.2 Å². The summed E-state index contributed by atoms with van der Waals surface area (Å²) < 4.78 is 7.34. The Labute approximate surface area is 134 Å². The smallest absolute Gasteiger partial charge is 0.254 e. The number of likely N-dealkylation sites (tertiary alicyclic amines) is 1. The molecule has 2 aromatic heterocycles. The number of aromatic nitrogens is 2. The van der Waals surface area contributed by atoms with Crippen LogP contribution in [0.25, 0.3) is 0 Å². The summed E-state index contributed by atoms with van der Waals surface area (Å²) in [5.74, 6) is 0.632. The van der Waals surface area contributed by atoms with Crippen LogP contribution < -0.4 is 10.3 Å². The van der Waals surface area contributed by atoms with Gasteiger partial charge in [0, 0.05) is 31.2 Å².